The maximum atomic E-state index is 12.4. The third kappa shape index (κ3) is 4.76. The minimum Gasteiger partial charge on any atom is -0.385 e. The fourth-order valence-corrected chi connectivity index (χ4v) is 2.52. The third-order valence-electron chi connectivity index (χ3n) is 3.63. The van der Waals surface area contributed by atoms with Gasteiger partial charge in [-0.25, -0.2) is 9.97 Å². The first-order valence-electron chi connectivity index (χ1n) is 7.95. The monoisotopic (exact) mass is 328 g/mol. The number of ether oxygens (including phenoxy) is 1. The van der Waals surface area contributed by atoms with Crippen molar-refractivity contribution in [3.8, 4) is 0 Å². The first-order chi connectivity index (χ1) is 11.5. The lowest BCUT2D eigenvalue weighted by atomic mass is 10.1. The van der Waals surface area contributed by atoms with E-state index in [0.717, 1.165) is 29.8 Å². The van der Waals surface area contributed by atoms with E-state index in [-0.39, 0.29) is 11.6 Å². The van der Waals surface area contributed by atoms with Crippen LogP contribution in [-0.2, 0) is 4.74 Å². The van der Waals surface area contributed by atoms with Crippen LogP contribution in [0.3, 0.4) is 0 Å². The molecule has 0 saturated heterocycles. The van der Waals surface area contributed by atoms with Crippen LogP contribution in [0.15, 0.2) is 24.5 Å². The van der Waals surface area contributed by atoms with Crippen LogP contribution in [0.2, 0.25) is 0 Å². The summed E-state index contributed by atoms with van der Waals surface area (Å²) < 4.78 is 4.98. The van der Waals surface area contributed by atoms with E-state index in [1.54, 1.807) is 13.3 Å². The lowest BCUT2D eigenvalue weighted by Gasteiger charge is -2.12. The molecule has 0 aliphatic carbocycles. The minimum atomic E-state index is -0.261. The van der Waals surface area contributed by atoms with Crippen molar-refractivity contribution < 1.29 is 9.53 Å². The summed E-state index contributed by atoms with van der Waals surface area (Å²) in [5.41, 5.74) is 4.35. The van der Waals surface area contributed by atoms with Gasteiger partial charge in [0.05, 0.1) is 12.4 Å². The predicted octanol–water partition coefficient (Wildman–Crippen LogP) is 3.10. The molecule has 0 atom stereocenters. The number of methoxy groups -OCH3 is 1. The van der Waals surface area contributed by atoms with Gasteiger partial charge in [-0.1, -0.05) is 17.7 Å². The fraction of sp³-hybridized carbons (Fsp3) is 0.389. The Morgan fingerprint density at radius 2 is 1.83 bits per heavy atom. The summed E-state index contributed by atoms with van der Waals surface area (Å²) in [6.07, 6.45) is 3.93. The summed E-state index contributed by atoms with van der Waals surface area (Å²) in [5.74, 6) is 0.383. The zero-order chi connectivity index (χ0) is 17.5. The molecular weight excluding hydrogens is 304 g/mol. The summed E-state index contributed by atoms with van der Waals surface area (Å²) in [4.78, 5) is 20.8. The van der Waals surface area contributed by atoms with E-state index < -0.39 is 0 Å². The van der Waals surface area contributed by atoms with Crippen molar-refractivity contribution in [2.24, 2.45) is 0 Å². The summed E-state index contributed by atoms with van der Waals surface area (Å²) in [6.45, 7) is 7.43. The minimum absolute atomic E-state index is 0.261. The van der Waals surface area contributed by atoms with Crippen molar-refractivity contribution in [1.82, 2.24) is 9.97 Å². The van der Waals surface area contributed by atoms with E-state index in [2.05, 4.69) is 20.6 Å². The number of anilines is 2. The molecule has 128 valence electrons. The maximum absolute atomic E-state index is 12.4. The van der Waals surface area contributed by atoms with Crippen LogP contribution in [0.5, 0.6) is 0 Å². The normalized spacial score (nSPS) is 10.5. The predicted molar refractivity (Wildman–Crippen MR) is 95.6 cm³/mol. The van der Waals surface area contributed by atoms with Gasteiger partial charge in [0.2, 0.25) is 0 Å². The topological polar surface area (TPSA) is 76.1 Å². The van der Waals surface area contributed by atoms with Crippen LogP contribution >= 0.6 is 0 Å². The van der Waals surface area contributed by atoms with Crippen LogP contribution in [0.25, 0.3) is 0 Å². The second-order valence-corrected chi connectivity index (χ2v) is 5.79. The molecule has 0 saturated carbocycles. The molecule has 1 aromatic heterocycles. The first kappa shape index (κ1) is 17.9. The van der Waals surface area contributed by atoms with Gasteiger partial charge in [0.1, 0.15) is 11.5 Å². The molecule has 2 rings (SSSR count). The van der Waals surface area contributed by atoms with Crippen LogP contribution in [0.1, 0.15) is 33.6 Å². The lowest BCUT2D eigenvalue weighted by molar-refractivity contribution is 0.102. The van der Waals surface area contributed by atoms with Gasteiger partial charge in [0, 0.05) is 25.9 Å². The summed E-state index contributed by atoms with van der Waals surface area (Å²) in [6, 6.07) is 4.09. The fourth-order valence-electron chi connectivity index (χ4n) is 2.52. The standard InChI is InChI=1S/C18H24N4O2/c1-12-8-13(2)17(14(3)9-12)22-18(23)15-10-21-16(11-20-15)19-6-5-7-24-4/h8-11H,5-7H2,1-4H3,(H,19,21)(H,22,23). The zero-order valence-corrected chi connectivity index (χ0v) is 14.6. The van der Waals surface area contributed by atoms with Gasteiger partial charge >= 0.3 is 0 Å². The number of aryl methyl sites for hydroxylation is 3. The van der Waals surface area contributed by atoms with Crippen molar-refractivity contribution in [3.63, 3.8) is 0 Å². The Morgan fingerprint density at radius 1 is 1.12 bits per heavy atom. The van der Waals surface area contributed by atoms with Crippen molar-refractivity contribution in [2.75, 3.05) is 30.9 Å². The molecule has 0 aliphatic rings. The molecule has 2 aromatic rings. The molecule has 1 heterocycles. The van der Waals surface area contributed by atoms with Gasteiger partial charge in [-0.2, -0.15) is 0 Å². The third-order valence-corrected chi connectivity index (χ3v) is 3.63. The molecule has 1 amide bonds. The number of hydrogen-bond donors (Lipinski definition) is 2. The molecule has 0 spiro atoms. The molecule has 1 aromatic carbocycles. The second kappa shape index (κ2) is 8.40. The van der Waals surface area contributed by atoms with E-state index >= 15 is 0 Å². The highest BCUT2D eigenvalue weighted by molar-refractivity contribution is 6.03. The van der Waals surface area contributed by atoms with Crippen LogP contribution < -0.4 is 10.6 Å². The number of rotatable bonds is 7. The number of carbonyl (C=O) groups excluding carboxylic acids is 1. The van der Waals surface area contributed by atoms with Gasteiger partial charge in [0.15, 0.2) is 0 Å². The number of hydrogen-bond acceptors (Lipinski definition) is 5. The van der Waals surface area contributed by atoms with Gasteiger partial charge in [0.25, 0.3) is 5.91 Å². The molecule has 24 heavy (non-hydrogen) atoms. The molecule has 0 fully saturated rings. The molecule has 6 heteroatoms. The number of carbonyl (C=O) groups is 1. The van der Waals surface area contributed by atoms with E-state index in [0.29, 0.717) is 12.4 Å². The van der Waals surface area contributed by atoms with Crippen molar-refractivity contribution in [1.29, 1.82) is 0 Å². The Kier molecular flexibility index (Phi) is 6.26. The molecule has 0 radical (unpaired) electrons. The van der Waals surface area contributed by atoms with Gasteiger partial charge in [-0.15, -0.1) is 0 Å². The van der Waals surface area contributed by atoms with E-state index in [1.807, 2.05) is 32.9 Å². The first-order valence-corrected chi connectivity index (χ1v) is 7.95. The summed E-state index contributed by atoms with van der Waals surface area (Å²) >= 11 is 0. The van der Waals surface area contributed by atoms with Gasteiger partial charge < -0.3 is 15.4 Å². The molecule has 2 N–H and O–H groups in total. The van der Waals surface area contributed by atoms with Crippen LogP contribution in [0, 0.1) is 20.8 Å². The number of nitrogens with zero attached hydrogens (tertiary/aromatic N) is 2. The zero-order valence-electron chi connectivity index (χ0n) is 14.6. The molecule has 0 aliphatic heterocycles. The molecule has 0 bridgehead atoms. The SMILES string of the molecule is COCCCNc1cnc(C(=O)Nc2c(C)cc(C)cc2C)cn1. The van der Waals surface area contributed by atoms with E-state index in [9.17, 15) is 4.79 Å². The Labute approximate surface area is 142 Å². The molecule has 0 unspecified atom stereocenters. The van der Waals surface area contributed by atoms with Gasteiger partial charge in [-0.3, -0.25) is 4.79 Å². The summed E-state index contributed by atoms with van der Waals surface area (Å²) in [5, 5.41) is 6.06. The number of benzene rings is 1. The lowest BCUT2D eigenvalue weighted by Crippen LogP contribution is -2.16. The Balaban J connectivity index is 2.00. The Hall–Kier alpha value is -2.47. The Morgan fingerprint density at radius 3 is 2.42 bits per heavy atom. The van der Waals surface area contributed by atoms with Crippen molar-refractivity contribution in [3.05, 3.63) is 46.9 Å². The van der Waals surface area contributed by atoms with Crippen molar-refractivity contribution in [2.45, 2.75) is 27.2 Å². The highest BCUT2D eigenvalue weighted by Crippen LogP contribution is 2.22. The summed E-state index contributed by atoms with van der Waals surface area (Å²) in [7, 11) is 1.67. The number of aromatic nitrogens is 2. The highest BCUT2D eigenvalue weighted by Gasteiger charge is 2.12. The quantitative estimate of drug-likeness (QED) is 0.764. The average molecular weight is 328 g/mol. The Bertz CT molecular complexity index is 676. The van der Waals surface area contributed by atoms with E-state index in [4.69, 9.17) is 4.74 Å². The number of nitrogens with one attached hydrogen (secondary N) is 2. The average Bonchev–Trinajstić information content (AvgIpc) is 2.55. The highest BCUT2D eigenvalue weighted by atomic mass is 16.5. The second-order valence-electron chi connectivity index (χ2n) is 5.79. The maximum Gasteiger partial charge on any atom is 0.275 e. The molecular formula is C18H24N4O2. The van der Waals surface area contributed by atoms with Crippen LogP contribution in [-0.4, -0.2) is 36.1 Å². The smallest absolute Gasteiger partial charge is 0.275 e. The van der Waals surface area contributed by atoms with Crippen LogP contribution in [0.4, 0.5) is 11.5 Å². The molecule has 6 nitrogen and oxygen atoms in total. The van der Waals surface area contributed by atoms with Crippen molar-refractivity contribution >= 4 is 17.4 Å². The largest absolute Gasteiger partial charge is 0.385 e. The van der Waals surface area contributed by atoms with Gasteiger partial charge in [-0.05, 0) is 38.3 Å². The number of amides is 1. The van der Waals surface area contributed by atoms with E-state index in [1.165, 1.54) is 11.8 Å².